The molecule has 2 aliphatic carbocycles. The van der Waals surface area contributed by atoms with Gasteiger partial charge in [0.05, 0.1) is 6.61 Å². The Balaban J connectivity index is 1.90. The Morgan fingerprint density at radius 3 is 2.16 bits per heavy atom. The van der Waals surface area contributed by atoms with Crippen LogP contribution in [0.1, 0.15) is 56.1 Å². The van der Waals surface area contributed by atoms with Gasteiger partial charge in [0.15, 0.2) is 5.76 Å². The molecule has 1 fully saturated rings. The molecule has 1 aromatic carbocycles. The van der Waals surface area contributed by atoms with Crippen molar-refractivity contribution in [1.82, 2.24) is 0 Å². The molecular weight excluding hydrogens is 332 g/mol. The van der Waals surface area contributed by atoms with Crippen LogP contribution in [-0.2, 0) is 4.74 Å². The second-order valence-electron chi connectivity index (χ2n) is 6.65. The summed E-state index contributed by atoms with van der Waals surface area (Å²) in [6, 6.07) is 6.64. The van der Waals surface area contributed by atoms with Gasteiger partial charge in [-0.1, -0.05) is 43.5 Å². The van der Waals surface area contributed by atoms with E-state index in [1.165, 1.54) is 38.3 Å². The van der Waals surface area contributed by atoms with Crippen LogP contribution in [0.3, 0.4) is 0 Å². The summed E-state index contributed by atoms with van der Waals surface area (Å²) in [4.78, 5) is 0. The highest BCUT2D eigenvalue weighted by Gasteiger charge is 2.63. The average molecular weight is 354 g/mol. The molecule has 0 saturated heterocycles. The smallest absolute Gasteiger partial charge is 0.370 e. The fourth-order valence-corrected chi connectivity index (χ4v) is 3.63. The normalized spacial score (nSPS) is 22.9. The predicted molar refractivity (Wildman–Crippen MR) is 89.8 cm³/mol. The molecule has 0 N–H and O–H groups in total. The number of rotatable bonds is 4. The summed E-state index contributed by atoms with van der Waals surface area (Å²) < 4.78 is 61.9. The second kappa shape index (κ2) is 6.85. The van der Waals surface area contributed by atoms with Crippen LogP contribution in [0.15, 0.2) is 42.2 Å². The van der Waals surface area contributed by atoms with Gasteiger partial charge >= 0.3 is 11.8 Å². The van der Waals surface area contributed by atoms with Crippen molar-refractivity contribution in [2.24, 2.45) is 0 Å². The third-order valence-electron chi connectivity index (χ3n) is 5.04. The minimum Gasteiger partial charge on any atom is -0.492 e. The van der Waals surface area contributed by atoms with Crippen LogP contribution < -0.4 is 0 Å². The molecule has 136 valence electrons. The quantitative estimate of drug-likeness (QED) is 0.575. The number of hydrogen-bond donors (Lipinski definition) is 0. The van der Waals surface area contributed by atoms with Gasteiger partial charge in [0.25, 0.3) is 0 Å². The highest BCUT2D eigenvalue weighted by Crippen LogP contribution is 2.51. The number of ether oxygens (including phenoxy) is 1. The summed E-state index contributed by atoms with van der Waals surface area (Å²) in [5.74, 6) is -9.20. The van der Waals surface area contributed by atoms with E-state index in [-0.39, 0.29) is 12.2 Å². The first-order chi connectivity index (χ1) is 11.9. The van der Waals surface area contributed by atoms with Crippen LogP contribution in [0, 0.1) is 0 Å². The maximum absolute atomic E-state index is 14.4. The van der Waals surface area contributed by atoms with E-state index in [1.807, 2.05) is 0 Å². The van der Waals surface area contributed by atoms with Crippen LogP contribution in [0.5, 0.6) is 0 Å². The molecular formula is C20H22F4O. The van der Waals surface area contributed by atoms with E-state index in [0.29, 0.717) is 5.92 Å². The summed E-state index contributed by atoms with van der Waals surface area (Å²) in [5.41, 5.74) is 0.549. The van der Waals surface area contributed by atoms with Crippen LogP contribution in [0.25, 0.3) is 5.57 Å². The largest absolute Gasteiger partial charge is 0.492 e. The van der Waals surface area contributed by atoms with E-state index in [4.69, 9.17) is 4.74 Å². The molecule has 1 nitrogen and oxygen atoms in total. The molecule has 1 saturated carbocycles. The first kappa shape index (κ1) is 18.0. The zero-order valence-electron chi connectivity index (χ0n) is 14.2. The van der Waals surface area contributed by atoms with Crippen molar-refractivity contribution < 1.29 is 22.3 Å². The lowest BCUT2D eigenvalue weighted by molar-refractivity contribution is -0.171. The molecule has 0 amide bonds. The number of halogens is 4. The molecule has 0 bridgehead atoms. The van der Waals surface area contributed by atoms with Gasteiger partial charge in [-0.3, -0.25) is 0 Å². The highest BCUT2D eigenvalue weighted by molar-refractivity contribution is 5.75. The van der Waals surface area contributed by atoms with Crippen molar-refractivity contribution in [3.8, 4) is 0 Å². The Hall–Kier alpha value is -1.78. The van der Waals surface area contributed by atoms with E-state index >= 15 is 0 Å². The molecule has 0 spiro atoms. The van der Waals surface area contributed by atoms with Gasteiger partial charge in [-0.2, -0.15) is 17.6 Å². The molecule has 1 aromatic rings. The van der Waals surface area contributed by atoms with Gasteiger partial charge in [-0.25, -0.2) is 0 Å². The van der Waals surface area contributed by atoms with E-state index < -0.39 is 23.2 Å². The van der Waals surface area contributed by atoms with Gasteiger partial charge in [-0.05, 0) is 49.0 Å². The first-order valence-corrected chi connectivity index (χ1v) is 8.79. The zero-order valence-corrected chi connectivity index (χ0v) is 14.2. The lowest BCUT2D eigenvalue weighted by atomic mass is 9.83. The molecule has 5 heteroatoms. The fraction of sp³-hybridized carbons (Fsp3) is 0.500. The number of hydrogen-bond acceptors (Lipinski definition) is 1. The van der Waals surface area contributed by atoms with E-state index in [0.717, 1.165) is 30.6 Å². The van der Waals surface area contributed by atoms with E-state index in [2.05, 4.69) is 0 Å². The Morgan fingerprint density at radius 1 is 0.920 bits per heavy atom. The van der Waals surface area contributed by atoms with Crippen molar-refractivity contribution in [3.63, 3.8) is 0 Å². The molecule has 0 radical (unpaired) electrons. The standard InChI is InChI=1S/C20H22F4O/c1-2-25-18-13-12-17(19(21,22)20(18,23)24)16-10-8-15(9-11-16)14-6-4-3-5-7-14/h8-14H,2-7H2,1H3. The van der Waals surface area contributed by atoms with Crippen molar-refractivity contribution in [1.29, 1.82) is 0 Å². The van der Waals surface area contributed by atoms with Crippen LogP contribution in [0.4, 0.5) is 17.6 Å². The summed E-state index contributed by atoms with van der Waals surface area (Å²) in [7, 11) is 0. The fourth-order valence-electron chi connectivity index (χ4n) is 3.63. The predicted octanol–water partition coefficient (Wildman–Crippen LogP) is 6.32. The van der Waals surface area contributed by atoms with Crippen LogP contribution >= 0.6 is 0 Å². The topological polar surface area (TPSA) is 9.23 Å². The molecule has 0 atom stereocenters. The van der Waals surface area contributed by atoms with E-state index in [9.17, 15) is 17.6 Å². The number of benzene rings is 1. The Morgan fingerprint density at radius 2 is 1.56 bits per heavy atom. The highest BCUT2D eigenvalue weighted by atomic mass is 19.3. The maximum atomic E-state index is 14.4. The molecule has 0 unspecified atom stereocenters. The lowest BCUT2D eigenvalue weighted by Crippen LogP contribution is -2.45. The molecule has 25 heavy (non-hydrogen) atoms. The second-order valence-corrected chi connectivity index (χ2v) is 6.65. The zero-order chi connectivity index (χ0) is 18.1. The third-order valence-corrected chi connectivity index (χ3v) is 5.04. The summed E-state index contributed by atoms with van der Waals surface area (Å²) in [6.07, 6.45) is 7.76. The summed E-state index contributed by atoms with van der Waals surface area (Å²) in [6.45, 7) is 1.40. The van der Waals surface area contributed by atoms with Crippen molar-refractivity contribution >= 4 is 5.57 Å². The van der Waals surface area contributed by atoms with Crippen LogP contribution in [-0.4, -0.2) is 18.5 Å². The molecule has 0 heterocycles. The summed E-state index contributed by atoms with van der Waals surface area (Å²) in [5, 5.41) is 0. The van der Waals surface area contributed by atoms with Gasteiger partial charge < -0.3 is 4.74 Å². The Bertz CT molecular complexity index is 667. The van der Waals surface area contributed by atoms with Gasteiger partial charge in [0.1, 0.15) is 0 Å². The minimum atomic E-state index is -4.35. The molecule has 0 aliphatic heterocycles. The Kier molecular flexibility index (Phi) is 4.94. The summed E-state index contributed by atoms with van der Waals surface area (Å²) >= 11 is 0. The van der Waals surface area contributed by atoms with E-state index in [1.54, 1.807) is 12.1 Å². The van der Waals surface area contributed by atoms with Gasteiger partial charge in [0.2, 0.25) is 0 Å². The average Bonchev–Trinajstić information content (AvgIpc) is 2.61. The van der Waals surface area contributed by atoms with Crippen molar-refractivity contribution in [2.45, 2.75) is 56.8 Å². The maximum Gasteiger partial charge on any atom is 0.370 e. The Labute approximate surface area is 145 Å². The molecule has 2 aliphatic rings. The monoisotopic (exact) mass is 354 g/mol. The number of allylic oxidation sites excluding steroid dienone is 4. The van der Waals surface area contributed by atoms with Crippen LogP contribution in [0.2, 0.25) is 0 Å². The molecule has 0 aromatic heterocycles. The minimum absolute atomic E-state index is 0.0865. The van der Waals surface area contributed by atoms with Gasteiger partial charge in [0, 0.05) is 5.57 Å². The lowest BCUT2D eigenvalue weighted by Gasteiger charge is -2.32. The van der Waals surface area contributed by atoms with Gasteiger partial charge in [-0.15, -0.1) is 0 Å². The van der Waals surface area contributed by atoms with Crippen molar-refractivity contribution in [2.75, 3.05) is 6.61 Å². The molecule has 3 rings (SSSR count). The third kappa shape index (κ3) is 3.21. The first-order valence-electron chi connectivity index (χ1n) is 8.79. The number of alkyl halides is 4. The SMILES string of the molecule is CCOC1=CC=C(c2ccc(C3CCCCC3)cc2)C(F)(F)C1(F)F. The van der Waals surface area contributed by atoms with Crippen molar-refractivity contribution in [3.05, 3.63) is 53.3 Å².